The fourth-order valence-corrected chi connectivity index (χ4v) is 3.21. The van der Waals surface area contributed by atoms with Crippen LogP contribution in [0.2, 0.25) is 0 Å². The van der Waals surface area contributed by atoms with Gasteiger partial charge in [0.25, 0.3) is 0 Å². The van der Waals surface area contributed by atoms with Gasteiger partial charge < -0.3 is 19.3 Å². The SMILES string of the molecule is Cc1noc(C)c1-c1ccc2nc(N3CCN(C)CC3)[nH]c2c1. The van der Waals surface area contributed by atoms with Crippen LogP contribution in [0.1, 0.15) is 11.5 Å². The van der Waals surface area contributed by atoms with Crippen molar-refractivity contribution in [2.24, 2.45) is 0 Å². The number of piperazine rings is 1. The topological polar surface area (TPSA) is 61.2 Å². The van der Waals surface area contributed by atoms with Crippen molar-refractivity contribution in [2.75, 3.05) is 38.1 Å². The molecule has 4 rings (SSSR count). The highest BCUT2D eigenvalue weighted by Crippen LogP contribution is 2.29. The number of benzene rings is 1. The number of likely N-dealkylation sites (N-methyl/N-ethyl adjacent to an activating group) is 1. The van der Waals surface area contributed by atoms with Gasteiger partial charge in [0.05, 0.1) is 16.7 Å². The first-order valence-corrected chi connectivity index (χ1v) is 7.98. The second-order valence-electron chi connectivity index (χ2n) is 6.28. The van der Waals surface area contributed by atoms with Gasteiger partial charge in [-0.3, -0.25) is 0 Å². The van der Waals surface area contributed by atoms with Crippen LogP contribution in [0.25, 0.3) is 22.2 Å². The fraction of sp³-hybridized carbons (Fsp3) is 0.412. The molecule has 120 valence electrons. The number of aryl methyl sites for hydroxylation is 2. The number of aromatic amines is 1. The van der Waals surface area contributed by atoms with E-state index in [1.807, 2.05) is 13.8 Å². The molecule has 1 aliphatic rings. The van der Waals surface area contributed by atoms with E-state index in [9.17, 15) is 0 Å². The first kappa shape index (κ1) is 14.3. The van der Waals surface area contributed by atoms with Crippen LogP contribution in [0.4, 0.5) is 5.95 Å². The molecule has 1 aromatic carbocycles. The van der Waals surface area contributed by atoms with E-state index in [4.69, 9.17) is 9.51 Å². The lowest BCUT2D eigenvalue weighted by molar-refractivity contribution is 0.311. The van der Waals surface area contributed by atoms with Crippen LogP contribution in [0, 0.1) is 13.8 Å². The van der Waals surface area contributed by atoms with Crippen molar-refractivity contribution < 1.29 is 4.52 Å². The van der Waals surface area contributed by atoms with Gasteiger partial charge >= 0.3 is 0 Å². The molecular weight excluding hydrogens is 290 g/mol. The van der Waals surface area contributed by atoms with Gasteiger partial charge in [-0.1, -0.05) is 11.2 Å². The van der Waals surface area contributed by atoms with Crippen LogP contribution in [0.5, 0.6) is 0 Å². The quantitative estimate of drug-likeness (QED) is 0.788. The highest BCUT2D eigenvalue weighted by Gasteiger charge is 2.18. The average molecular weight is 311 g/mol. The first-order chi connectivity index (χ1) is 11.1. The van der Waals surface area contributed by atoms with E-state index in [1.165, 1.54) is 0 Å². The monoisotopic (exact) mass is 311 g/mol. The summed E-state index contributed by atoms with van der Waals surface area (Å²) in [7, 11) is 2.16. The number of imidazole rings is 1. The van der Waals surface area contributed by atoms with Crippen LogP contribution in [0.15, 0.2) is 22.7 Å². The number of nitrogens with zero attached hydrogens (tertiary/aromatic N) is 4. The maximum Gasteiger partial charge on any atom is 0.203 e. The number of H-pyrrole nitrogens is 1. The average Bonchev–Trinajstić information content (AvgIpc) is 3.10. The minimum Gasteiger partial charge on any atom is -0.361 e. The molecule has 1 saturated heterocycles. The molecule has 0 spiro atoms. The lowest BCUT2D eigenvalue weighted by Crippen LogP contribution is -2.44. The predicted molar refractivity (Wildman–Crippen MR) is 90.8 cm³/mol. The standard InChI is InChI=1S/C17H21N5O/c1-11-16(12(2)23-20-11)13-4-5-14-15(10-13)19-17(18-14)22-8-6-21(3)7-9-22/h4-5,10H,6-9H2,1-3H3,(H,18,19). The molecule has 1 N–H and O–H groups in total. The number of hydrogen-bond acceptors (Lipinski definition) is 5. The third kappa shape index (κ3) is 2.49. The summed E-state index contributed by atoms with van der Waals surface area (Å²) in [5.74, 6) is 1.81. The highest BCUT2D eigenvalue weighted by molar-refractivity contribution is 5.84. The van der Waals surface area contributed by atoms with E-state index in [1.54, 1.807) is 0 Å². The number of hydrogen-bond donors (Lipinski definition) is 1. The number of anilines is 1. The Hall–Kier alpha value is -2.34. The molecule has 0 bridgehead atoms. The van der Waals surface area contributed by atoms with E-state index in [0.717, 1.165) is 65.7 Å². The fourth-order valence-electron chi connectivity index (χ4n) is 3.21. The van der Waals surface area contributed by atoms with Gasteiger partial charge in [0, 0.05) is 31.7 Å². The third-order valence-corrected chi connectivity index (χ3v) is 4.59. The smallest absolute Gasteiger partial charge is 0.203 e. The van der Waals surface area contributed by atoms with Gasteiger partial charge in [0.2, 0.25) is 5.95 Å². The van der Waals surface area contributed by atoms with Crippen molar-refractivity contribution in [2.45, 2.75) is 13.8 Å². The Morgan fingerprint density at radius 2 is 1.91 bits per heavy atom. The van der Waals surface area contributed by atoms with Crippen LogP contribution in [-0.2, 0) is 0 Å². The highest BCUT2D eigenvalue weighted by atomic mass is 16.5. The lowest BCUT2D eigenvalue weighted by Gasteiger charge is -2.32. The van der Waals surface area contributed by atoms with Gasteiger partial charge in [0.15, 0.2) is 0 Å². The molecule has 3 aromatic rings. The Morgan fingerprint density at radius 1 is 1.13 bits per heavy atom. The Kier molecular flexibility index (Phi) is 3.34. The van der Waals surface area contributed by atoms with Gasteiger partial charge in [-0.2, -0.15) is 0 Å². The summed E-state index contributed by atoms with van der Waals surface area (Å²) in [6, 6.07) is 6.28. The van der Waals surface area contributed by atoms with E-state index in [0.29, 0.717) is 0 Å². The zero-order valence-electron chi connectivity index (χ0n) is 13.8. The van der Waals surface area contributed by atoms with E-state index >= 15 is 0 Å². The summed E-state index contributed by atoms with van der Waals surface area (Å²) in [6.45, 7) is 8.07. The van der Waals surface area contributed by atoms with Crippen LogP contribution >= 0.6 is 0 Å². The molecule has 3 heterocycles. The van der Waals surface area contributed by atoms with Crippen molar-refractivity contribution in [3.8, 4) is 11.1 Å². The largest absolute Gasteiger partial charge is 0.361 e. The van der Waals surface area contributed by atoms with Gasteiger partial charge in [-0.25, -0.2) is 4.98 Å². The summed E-state index contributed by atoms with van der Waals surface area (Å²) < 4.78 is 5.28. The van der Waals surface area contributed by atoms with E-state index in [-0.39, 0.29) is 0 Å². The molecule has 6 heteroatoms. The molecule has 0 amide bonds. The summed E-state index contributed by atoms with van der Waals surface area (Å²) in [4.78, 5) is 12.9. The molecule has 2 aromatic heterocycles. The number of rotatable bonds is 2. The Bertz CT molecular complexity index is 822. The van der Waals surface area contributed by atoms with Gasteiger partial charge in [-0.05, 0) is 38.6 Å². The maximum atomic E-state index is 5.28. The van der Waals surface area contributed by atoms with Crippen molar-refractivity contribution in [1.82, 2.24) is 20.0 Å². The summed E-state index contributed by atoms with van der Waals surface area (Å²) >= 11 is 0. The summed E-state index contributed by atoms with van der Waals surface area (Å²) in [6.07, 6.45) is 0. The predicted octanol–water partition coefficient (Wildman–Crippen LogP) is 2.59. The van der Waals surface area contributed by atoms with Crippen molar-refractivity contribution >= 4 is 17.0 Å². The molecule has 0 saturated carbocycles. The molecule has 0 aliphatic carbocycles. The molecular formula is C17H21N5O. The number of aromatic nitrogens is 3. The molecule has 0 unspecified atom stereocenters. The maximum absolute atomic E-state index is 5.28. The summed E-state index contributed by atoms with van der Waals surface area (Å²) in [5, 5.41) is 4.04. The zero-order chi connectivity index (χ0) is 16.0. The normalized spacial score (nSPS) is 16.4. The Balaban J connectivity index is 1.70. The molecule has 1 fully saturated rings. The van der Waals surface area contributed by atoms with Crippen LogP contribution in [0.3, 0.4) is 0 Å². The van der Waals surface area contributed by atoms with Crippen molar-refractivity contribution in [1.29, 1.82) is 0 Å². The van der Waals surface area contributed by atoms with Gasteiger partial charge in [0.1, 0.15) is 5.76 Å². The third-order valence-electron chi connectivity index (χ3n) is 4.59. The van der Waals surface area contributed by atoms with Crippen LogP contribution < -0.4 is 4.90 Å². The minimum absolute atomic E-state index is 0.848. The lowest BCUT2D eigenvalue weighted by atomic mass is 10.0. The molecule has 0 atom stereocenters. The Labute approximate surface area is 135 Å². The second-order valence-corrected chi connectivity index (χ2v) is 6.28. The Morgan fingerprint density at radius 3 is 2.61 bits per heavy atom. The molecule has 0 radical (unpaired) electrons. The molecule has 1 aliphatic heterocycles. The summed E-state index contributed by atoms with van der Waals surface area (Å²) in [5.41, 5.74) is 5.15. The van der Waals surface area contributed by atoms with Crippen molar-refractivity contribution in [3.05, 3.63) is 29.7 Å². The number of nitrogens with one attached hydrogen (secondary N) is 1. The van der Waals surface area contributed by atoms with E-state index < -0.39 is 0 Å². The first-order valence-electron chi connectivity index (χ1n) is 7.98. The molecule has 6 nitrogen and oxygen atoms in total. The number of fused-ring (bicyclic) bond motifs is 1. The molecule has 23 heavy (non-hydrogen) atoms. The van der Waals surface area contributed by atoms with Crippen LogP contribution in [-0.4, -0.2) is 53.3 Å². The zero-order valence-corrected chi connectivity index (χ0v) is 13.8. The second kappa shape index (κ2) is 5.38. The van der Waals surface area contributed by atoms with Gasteiger partial charge in [-0.15, -0.1) is 0 Å². The van der Waals surface area contributed by atoms with Crippen molar-refractivity contribution in [3.63, 3.8) is 0 Å². The minimum atomic E-state index is 0.848. The van der Waals surface area contributed by atoms with E-state index in [2.05, 4.69) is 45.2 Å².